The molecule has 28 heavy (non-hydrogen) atoms. The third-order valence-electron chi connectivity index (χ3n) is 5.22. The molecular weight excluding hydrogens is 404 g/mol. The molecule has 0 amide bonds. The van der Waals surface area contributed by atoms with Gasteiger partial charge in [0.1, 0.15) is 30.2 Å². The lowest BCUT2D eigenvalue weighted by atomic mass is 9.99. The maximum atomic E-state index is 10.2. The van der Waals surface area contributed by atoms with E-state index >= 15 is 0 Å². The van der Waals surface area contributed by atoms with E-state index in [9.17, 15) is 20.4 Å². The highest BCUT2D eigenvalue weighted by Crippen LogP contribution is 2.40. The highest BCUT2D eigenvalue weighted by atomic mass is 35.5. The number of benzene rings is 1. The summed E-state index contributed by atoms with van der Waals surface area (Å²) in [6.45, 7) is -0.505. The molecule has 2 aliphatic rings. The van der Waals surface area contributed by atoms with Crippen molar-refractivity contribution >= 4 is 22.9 Å². The van der Waals surface area contributed by atoms with Crippen molar-refractivity contribution in [2.45, 2.75) is 55.9 Å². The van der Waals surface area contributed by atoms with Gasteiger partial charge in [0, 0.05) is 12.5 Å². The summed E-state index contributed by atoms with van der Waals surface area (Å²) in [5, 5.41) is 39.3. The maximum absolute atomic E-state index is 10.2. The van der Waals surface area contributed by atoms with Crippen LogP contribution in [0.1, 0.15) is 34.8 Å². The van der Waals surface area contributed by atoms with Gasteiger partial charge in [-0.05, 0) is 29.9 Å². The summed E-state index contributed by atoms with van der Waals surface area (Å²) in [5.41, 5.74) is 2.48. The molecule has 0 radical (unpaired) electrons. The quantitative estimate of drug-likeness (QED) is 0.564. The van der Waals surface area contributed by atoms with Crippen molar-refractivity contribution in [1.82, 2.24) is 0 Å². The summed E-state index contributed by atoms with van der Waals surface area (Å²) in [7, 11) is 0. The van der Waals surface area contributed by atoms with E-state index in [1.807, 2.05) is 0 Å². The molecule has 1 saturated heterocycles. The van der Waals surface area contributed by atoms with Gasteiger partial charge in [-0.25, -0.2) is 0 Å². The molecule has 2 fully saturated rings. The molecule has 1 aromatic heterocycles. The third kappa shape index (κ3) is 4.21. The van der Waals surface area contributed by atoms with E-state index in [2.05, 4.69) is 24.3 Å². The first-order valence-corrected chi connectivity index (χ1v) is 10.5. The summed E-state index contributed by atoms with van der Waals surface area (Å²) >= 11 is 7.55. The molecule has 5 atom stereocenters. The fourth-order valence-electron chi connectivity index (χ4n) is 3.40. The van der Waals surface area contributed by atoms with Crippen molar-refractivity contribution in [1.29, 1.82) is 0 Å². The zero-order valence-electron chi connectivity index (χ0n) is 15.1. The average Bonchev–Trinajstić information content (AvgIpc) is 3.47. The number of ether oxygens (including phenoxy) is 2. The van der Waals surface area contributed by atoms with E-state index in [0.29, 0.717) is 22.4 Å². The largest absolute Gasteiger partial charge is 0.461 e. The topological polar surface area (TPSA) is 99.4 Å². The van der Waals surface area contributed by atoms with Gasteiger partial charge in [0.15, 0.2) is 0 Å². The van der Waals surface area contributed by atoms with Crippen LogP contribution in [0.2, 0.25) is 4.34 Å². The predicted octanol–water partition coefficient (Wildman–Crippen LogP) is 2.05. The van der Waals surface area contributed by atoms with Crippen LogP contribution < -0.4 is 4.74 Å². The first-order chi connectivity index (χ1) is 13.5. The van der Waals surface area contributed by atoms with Crippen LogP contribution in [0.25, 0.3) is 0 Å². The van der Waals surface area contributed by atoms with Crippen LogP contribution in [0.5, 0.6) is 5.75 Å². The molecule has 4 N–H and O–H groups in total. The molecule has 4 rings (SSSR count). The minimum atomic E-state index is -1.48. The molecule has 152 valence electrons. The zero-order chi connectivity index (χ0) is 19.8. The Morgan fingerprint density at radius 1 is 1.07 bits per heavy atom. The summed E-state index contributed by atoms with van der Waals surface area (Å²) in [6.07, 6.45) is -3.47. The Hall–Kier alpha value is -1.19. The van der Waals surface area contributed by atoms with Crippen LogP contribution in [0, 0.1) is 0 Å². The maximum Gasteiger partial charge on any atom is 0.229 e. The summed E-state index contributed by atoms with van der Waals surface area (Å²) < 4.78 is 11.7. The van der Waals surface area contributed by atoms with Crippen molar-refractivity contribution < 1.29 is 29.9 Å². The molecule has 1 aromatic carbocycles. The second kappa shape index (κ2) is 8.28. The average molecular weight is 427 g/mol. The normalized spacial score (nSPS) is 30.4. The van der Waals surface area contributed by atoms with Crippen LogP contribution in [-0.2, 0) is 11.2 Å². The van der Waals surface area contributed by atoms with E-state index in [1.54, 1.807) is 6.07 Å². The second-order valence-electron chi connectivity index (χ2n) is 7.35. The molecule has 0 bridgehead atoms. The van der Waals surface area contributed by atoms with Gasteiger partial charge in [-0.15, -0.1) is 11.3 Å². The lowest BCUT2D eigenvalue weighted by Crippen LogP contribution is -2.60. The van der Waals surface area contributed by atoms with Crippen molar-refractivity contribution in [2.24, 2.45) is 0 Å². The van der Waals surface area contributed by atoms with E-state index in [-0.39, 0.29) is 0 Å². The molecule has 2 aromatic rings. The van der Waals surface area contributed by atoms with Gasteiger partial charge in [-0.1, -0.05) is 35.9 Å². The highest BCUT2D eigenvalue weighted by molar-refractivity contribution is 7.16. The van der Waals surface area contributed by atoms with Crippen molar-refractivity contribution in [3.63, 3.8) is 0 Å². The van der Waals surface area contributed by atoms with Gasteiger partial charge in [0.25, 0.3) is 0 Å². The fraction of sp³-hybridized carbons (Fsp3) is 0.500. The predicted molar refractivity (Wildman–Crippen MR) is 105 cm³/mol. The Morgan fingerprint density at radius 3 is 2.43 bits per heavy atom. The number of hydrogen-bond acceptors (Lipinski definition) is 7. The molecule has 0 unspecified atom stereocenters. The molecule has 2 heterocycles. The molecule has 8 heteroatoms. The Balaban J connectivity index is 1.49. The monoisotopic (exact) mass is 426 g/mol. The fourth-order valence-corrected chi connectivity index (χ4v) is 4.63. The molecule has 0 spiro atoms. The number of aliphatic hydroxyl groups is 4. The van der Waals surface area contributed by atoms with E-state index in [1.165, 1.54) is 29.7 Å². The number of hydrogen-bond donors (Lipinski definition) is 4. The van der Waals surface area contributed by atoms with Crippen LogP contribution in [0.3, 0.4) is 0 Å². The van der Waals surface area contributed by atoms with Gasteiger partial charge in [0.2, 0.25) is 6.29 Å². The number of aliphatic hydroxyl groups excluding tert-OH is 4. The first kappa shape index (κ1) is 20.1. The highest BCUT2D eigenvalue weighted by Gasteiger charge is 2.45. The first-order valence-electron chi connectivity index (χ1n) is 9.30. The molecular formula is C20H23ClO6S. The SMILES string of the molecule is OC[C@H]1O[C@@H](Oc2cc(Cl)sc2Cc2ccc(C3CC3)cc2)[C@H](O)[C@@H](O)[C@@H]1O. The number of thiophene rings is 1. The van der Waals surface area contributed by atoms with E-state index < -0.39 is 37.3 Å². The molecule has 1 saturated carbocycles. The van der Waals surface area contributed by atoms with Crippen LogP contribution >= 0.6 is 22.9 Å². The second-order valence-corrected chi connectivity index (χ2v) is 9.11. The van der Waals surface area contributed by atoms with Crippen LogP contribution in [0.15, 0.2) is 30.3 Å². The minimum absolute atomic E-state index is 0.450. The number of halogens is 1. The van der Waals surface area contributed by atoms with Gasteiger partial charge in [-0.3, -0.25) is 0 Å². The molecule has 1 aliphatic heterocycles. The number of rotatable bonds is 6. The lowest BCUT2D eigenvalue weighted by molar-refractivity contribution is -0.277. The van der Waals surface area contributed by atoms with Crippen molar-refractivity contribution in [3.05, 3.63) is 50.7 Å². The lowest BCUT2D eigenvalue weighted by Gasteiger charge is -2.39. The Bertz CT molecular complexity index is 804. The zero-order valence-corrected chi connectivity index (χ0v) is 16.6. The molecule has 1 aliphatic carbocycles. The minimum Gasteiger partial charge on any atom is -0.461 e. The van der Waals surface area contributed by atoms with Crippen molar-refractivity contribution in [2.75, 3.05) is 6.61 Å². The smallest absolute Gasteiger partial charge is 0.229 e. The standard InChI is InChI=1S/C20H23ClO6S/c21-16-8-13(26-20-19(25)18(24)17(23)14(9-22)27-20)15(28-16)7-10-1-3-11(4-2-10)12-5-6-12/h1-4,8,12,14,17-20,22-25H,5-7,9H2/t14-,17-,18+,19-,20-/m1/s1. The van der Waals surface area contributed by atoms with Crippen molar-refractivity contribution in [3.8, 4) is 5.75 Å². The Kier molecular flexibility index (Phi) is 5.94. The van der Waals surface area contributed by atoms with E-state index in [0.717, 1.165) is 10.4 Å². The van der Waals surface area contributed by atoms with E-state index in [4.69, 9.17) is 21.1 Å². The summed E-state index contributed by atoms with van der Waals surface area (Å²) in [5.74, 6) is 1.15. The van der Waals surface area contributed by atoms with Crippen LogP contribution in [-0.4, -0.2) is 57.7 Å². The molecule has 6 nitrogen and oxygen atoms in total. The summed E-state index contributed by atoms with van der Waals surface area (Å²) in [6, 6.07) is 10.1. The Morgan fingerprint density at radius 2 is 1.79 bits per heavy atom. The van der Waals surface area contributed by atoms with Gasteiger partial charge >= 0.3 is 0 Å². The van der Waals surface area contributed by atoms with Crippen LogP contribution in [0.4, 0.5) is 0 Å². The summed E-state index contributed by atoms with van der Waals surface area (Å²) in [4.78, 5) is 0.862. The van der Waals surface area contributed by atoms with Gasteiger partial charge in [-0.2, -0.15) is 0 Å². The Labute approximate surface area is 171 Å². The van der Waals surface area contributed by atoms with Gasteiger partial charge in [0.05, 0.1) is 15.8 Å². The van der Waals surface area contributed by atoms with Gasteiger partial charge < -0.3 is 29.9 Å². The third-order valence-corrected chi connectivity index (χ3v) is 6.47.